The number of benzene rings is 2. The Morgan fingerprint density at radius 1 is 1.31 bits per heavy atom. The Kier molecular flexibility index (Phi) is 4.82. The first-order valence-electron chi connectivity index (χ1n) is 9.33. The summed E-state index contributed by atoms with van der Waals surface area (Å²) in [5, 5.41) is 10.5. The van der Waals surface area contributed by atoms with E-state index >= 15 is 0 Å². The third kappa shape index (κ3) is 3.48. The molecule has 2 aliphatic rings. The number of aryl methyl sites for hydroxylation is 1. The van der Waals surface area contributed by atoms with Crippen molar-refractivity contribution < 1.29 is 14.3 Å². The molecule has 2 aromatic carbocycles. The lowest BCUT2D eigenvalue weighted by molar-refractivity contribution is -0.0245. The van der Waals surface area contributed by atoms with Gasteiger partial charge < -0.3 is 26.1 Å². The van der Waals surface area contributed by atoms with E-state index in [0.717, 1.165) is 16.3 Å². The molecule has 0 bridgehead atoms. The number of halogens is 1. The molecule has 2 aromatic rings. The van der Waals surface area contributed by atoms with Crippen LogP contribution >= 0.6 is 15.9 Å². The van der Waals surface area contributed by atoms with Crippen LogP contribution in [0.4, 0.5) is 5.69 Å². The summed E-state index contributed by atoms with van der Waals surface area (Å²) in [4.78, 5) is 27.3. The highest BCUT2D eigenvalue weighted by molar-refractivity contribution is 9.10. The molecule has 4 N–H and O–H groups in total. The van der Waals surface area contributed by atoms with Crippen molar-refractivity contribution in [3.05, 3.63) is 57.1 Å². The summed E-state index contributed by atoms with van der Waals surface area (Å²) in [6, 6.07) is 8.76. The van der Waals surface area contributed by atoms with Crippen LogP contribution in [-0.2, 0) is 0 Å². The Hall–Kier alpha value is -2.87. The molecule has 150 valence electrons. The second kappa shape index (κ2) is 7.18. The normalized spacial score (nSPS) is 17.3. The smallest absolute Gasteiger partial charge is 0.258 e. The molecule has 29 heavy (non-hydrogen) atoms. The van der Waals surface area contributed by atoms with E-state index in [9.17, 15) is 9.59 Å². The number of nitrogens with zero attached hydrogens (tertiary/aromatic N) is 1. The molecule has 0 atom stereocenters. The van der Waals surface area contributed by atoms with E-state index in [1.807, 2.05) is 13.0 Å². The van der Waals surface area contributed by atoms with Crippen LogP contribution in [0.1, 0.15) is 44.7 Å². The van der Waals surface area contributed by atoms with Crippen molar-refractivity contribution in [2.24, 2.45) is 0 Å². The maximum Gasteiger partial charge on any atom is 0.258 e. The number of anilines is 1. The number of carbonyl (C=O) groups is 2. The third-order valence-electron chi connectivity index (χ3n) is 5.51. The first kappa shape index (κ1) is 19.4. The van der Waals surface area contributed by atoms with Crippen LogP contribution in [0.5, 0.6) is 5.75 Å². The molecule has 0 unspecified atom stereocenters. The van der Waals surface area contributed by atoms with Crippen molar-refractivity contribution in [3.8, 4) is 5.75 Å². The standard InChI is InChI=1S/C21H21BrN4O3/c1-12-8-13(9-14(11-23)18(12)24)20(28)26-6-4-21(5-7-26)25-19(27)16-10-15(22)2-3-17(16)29-21/h2-3,8-11,23H,4-7,24H2,1H3,(H,25,27). The van der Waals surface area contributed by atoms with Gasteiger partial charge in [-0.3, -0.25) is 9.59 Å². The monoisotopic (exact) mass is 456 g/mol. The van der Waals surface area contributed by atoms with E-state index in [4.69, 9.17) is 15.9 Å². The molecule has 2 aliphatic heterocycles. The van der Waals surface area contributed by atoms with Gasteiger partial charge in [0.15, 0.2) is 5.72 Å². The van der Waals surface area contributed by atoms with Gasteiger partial charge in [-0.15, -0.1) is 0 Å². The summed E-state index contributed by atoms with van der Waals surface area (Å²) in [5.41, 5.74) is 7.99. The number of ether oxygens (including phenoxy) is 1. The van der Waals surface area contributed by atoms with Gasteiger partial charge in [-0.2, -0.15) is 0 Å². The molecule has 4 rings (SSSR count). The van der Waals surface area contributed by atoms with Crippen LogP contribution in [0.15, 0.2) is 34.8 Å². The van der Waals surface area contributed by atoms with E-state index < -0.39 is 5.72 Å². The first-order valence-corrected chi connectivity index (χ1v) is 10.1. The van der Waals surface area contributed by atoms with Crippen LogP contribution in [0.25, 0.3) is 0 Å². The van der Waals surface area contributed by atoms with E-state index in [2.05, 4.69) is 21.2 Å². The van der Waals surface area contributed by atoms with E-state index in [1.54, 1.807) is 29.2 Å². The van der Waals surface area contributed by atoms with Gasteiger partial charge in [0, 0.05) is 53.4 Å². The van der Waals surface area contributed by atoms with Crippen molar-refractivity contribution in [1.29, 1.82) is 5.41 Å². The summed E-state index contributed by atoms with van der Waals surface area (Å²) in [5.74, 6) is 0.274. The largest absolute Gasteiger partial charge is 0.467 e. The molecule has 1 saturated heterocycles. The predicted molar refractivity (Wildman–Crippen MR) is 114 cm³/mol. The molecule has 2 heterocycles. The number of nitrogens with two attached hydrogens (primary N) is 1. The number of fused-ring (bicyclic) bond motifs is 1. The van der Waals surface area contributed by atoms with E-state index in [1.165, 1.54) is 0 Å². The Morgan fingerprint density at radius 2 is 2.03 bits per heavy atom. The number of hydrogen-bond donors (Lipinski definition) is 3. The maximum absolute atomic E-state index is 13.0. The molecule has 0 aromatic heterocycles. The number of nitrogens with one attached hydrogen (secondary N) is 2. The van der Waals surface area contributed by atoms with Gasteiger partial charge in [0.25, 0.3) is 11.8 Å². The number of carbonyl (C=O) groups excluding carboxylic acids is 2. The Bertz CT molecular complexity index is 1030. The number of hydrogen-bond acceptors (Lipinski definition) is 5. The van der Waals surface area contributed by atoms with E-state index in [-0.39, 0.29) is 11.8 Å². The van der Waals surface area contributed by atoms with E-state index in [0.29, 0.717) is 54.1 Å². The molecule has 7 nitrogen and oxygen atoms in total. The molecule has 0 radical (unpaired) electrons. The molecular formula is C21H21BrN4O3. The summed E-state index contributed by atoms with van der Waals surface area (Å²) < 4.78 is 6.97. The molecule has 2 amide bonds. The molecule has 1 spiro atoms. The average Bonchev–Trinajstić information content (AvgIpc) is 2.71. The van der Waals surface area contributed by atoms with Gasteiger partial charge in [-0.05, 0) is 42.8 Å². The summed E-state index contributed by atoms with van der Waals surface area (Å²) in [6.07, 6.45) is 2.14. The fourth-order valence-electron chi connectivity index (χ4n) is 3.83. The Labute approximate surface area is 176 Å². The lowest BCUT2D eigenvalue weighted by Gasteiger charge is -2.44. The highest BCUT2D eigenvalue weighted by atomic mass is 79.9. The summed E-state index contributed by atoms with van der Waals surface area (Å²) in [7, 11) is 0. The summed E-state index contributed by atoms with van der Waals surface area (Å²) >= 11 is 3.37. The number of amides is 2. The van der Waals surface area contributed by atoms with Crippen molar-refractivity contribution in [2.75, 3.05) is 18.8 Å². The predicted octanol–water partition coefficient (Wildman–Crippen LogP) is 3.09. The quantitative estimate of drug-likeness (QED) is 0.476. The van der Waals surface area contributed by atoms with Crippen LogP contribution in [0.2, 0.25) is 0 Å². The van der Waals surface area contributed by atoms with Gasteiger partial charge >= 0.3 is 0 Å². The van der Waals surface area contributed by atoms with Crippen LogP contribution in [0.3, 0.4) is 0 Å². The van der Waals surface area contributed by atoms with Crippen molar-refractivity contribution in [3.63, 3.8) is 0 Å². The zero-order chi connectivity index (χ0) is 20.8. The topological polar surface area (TPSA) is 109 Å². The first-order chi connectivity index (χ1) is 13.8. The second-order valence-electron chi connectivity index (χ2n) is 7.42. The number of piperidine rings is 1. The molecule has 0 saturated carbocycles. The minimum atomic E-state index is -0.800. The van der Waals surface area contributed by atoms with Crippen molar-refractivity contribution in [2.45, 2.75) is 25.5 Å². The maximum atomic E-state index is 13.0. The molecule has 1 fully saturated rings. The van der Waals surface area contributed by atoms with Crippen molar-refractivity contribution in [1.82, 2.24) is 10.2 Å². The second-order valence-corrected chi connectivity index (χ2v) is 8.34. The van der Waals surface area contributed by atoms with Crippen LogP contribution in [-0.4, -0.2) is 41.7 Å². The Balaban J connectivity index is 1.51. The highest BCUT2D eigenvalue weighted by Crippen LogP contribution is 2.35. The minimum Gasteiger partial charge on any atom is -0.467 e. The van der Waals surface area contributed by atoms with Gasteiger partial charge in [-0.1, -0.05) is 15.9 Å². The van der Waals surface area contributed by atoms with Crippen LogP contribution in [0, 0.1) is 12.3 Å². The molecule has 8 heteroatoms. The van der Waals surface area contributed by atoms with Crippen LogP contribution < -0.4 is 15.8 Å². The third-order valence-corrected chi connectivity index (χ3v) is 6.01. The van der Waals surface area contributed by atoms with Gasteiger partial charge in [0.05, 0.1) is 5.56 Å². The van der Waals surface area contributed by atoms with Crippen molar-refractivity contribution >= 4 is 39.6 Å². The number of rotatable bonds is 2. The number of likely N-dealkylation sites (tertiary alicyclic amines) is 1. The minimum absolute atomic E-state index is 0.113. The summed E-state index contributed by atoms with van der Waals surface area (Å²) in [6.45, 7) is 2.73. The molecule has 0 aliphatic carbocycles. The van der Waals surface area contributed by atoms with Gasteiger partial charge in [-0.25, -0.2) is 0 Å². The average molecular weight is 457 g/mol. The van der Waals surface area contributed by atoms with Gasteiger partial charge in [0.2, 0.25) is 0 Å². The lowest BCUT2D eigenvalue weighted by atomic mass is 9.96. The fourth-order valence-corrected chi connectivity index (χ4v) is 4.19. The SMILES string of the molecule is Cc1cc(C(=O)N2CCC3(CC2)NC(=O)c2cc(Br)ccc2O3)cc(C=N)c1N. The fraction of sp³-hybridized carbons (Fsp3) is 0.286. The zero-order valence-electron chi connectivity index (χ0n) is 15.9. The molecular weight excluding hydrogens is 436 g/mol. The number of nitrogen functional groups attached to an aromatic ring is 1. The zero-order valence-corrected chi connectivity index (χ0v) is 17.5. The highest BCUT2D eigenvalue weighted by Gasteiger charge is 2.43. The Morgan fingerprint density at radius 3 is 2.72 bits per heavy atom. The van der Waals surface area contributed by atoms with Gasteiger partial charge in [0.1, 0.15) is 5.75 Å². The lowest BCUT2D eigenvalue weighted by Crippen LogP contribution is -2.61.